The van der Waals surface area contributed by atoms with Gasteiger partial charge >= 0.3 is 6.36 Å². The Bertz CT molecular complexity index is 1320. The molecular formula is C22H15F3N2O4S. The van der Waals surface area contributed by atoms with Crippen molar-refractivity contribution in [1.82, 2.24) is 4.98 Å². The number of hydrogen-bond acceptors (Lipinski definition) is 5. The minimum Gasteiger partial charge on any atom is -0.435 e. The molecule has 0 saturated carbocycles. The van der Waals surface area contributed by atoms with Crippen LogP contribution < -0.4 is 9.46 Å². The fraction of sp³-hybridized carbons (Fsp3) is 0.0455. The number of oxazole rings is 1. The van der Waals surface area contributed by atoms with Gasteiger partial charge in [-0.3, -0.25) is 4.72 Å². The molecule has 4 aromatic rings. The van der Waals surface area contributed by atoms with Crippen LogP contribution in [0.25, 0.3) is 22.8 Å². The average molecular weight is 460 g/mol. The van der Waals surface area contributed by atoms with E-state index >= 15 is 0 Å². The number of rotatable bonds is 6. The van der Waals surface area contributed by atoms with E-state index in [1.54, 1.807) is 60.7 Å². The summed E-state index contributed by atoms with van der Waals surface area (Å²) in [5, 5.41) is -0.468. The summed E-state index contributed by atoms with van der Waals surface area (Å²) in [6.07, 6.45) is -4.99. The molecule has 0 unspecified atom stereocenters. The number of nitrogens with zero attached hydrogens (tertiary/aromatic N) is 1. The van der Waals surface area contributed by atoms with E-state index in [4.69, 9.17) is 4.42 Å². The van der Waals surface area contributed by atoms with Gasteiger partial charge in [-0.1, -0.05) is 60.7 Å². The van der Waals surface area contributed by atoms with Crippen LogP contribution in [0.15, 0.2) is 94.4 Å². The number of halogens is 3. The van der Waals surface area contributed by atoms with Crippen LogP contribution in [0, 0.1) is 0 Å². The van der Waals surface area contributed by atoms with Crippen LogP contribution in [0.5, 0.6) is 5.75 Å². The van der Waals surface area contributed by atoms with Crippen molar-refractivity contribution in [3.05, 3.63) is 84.9 Å². The molecule has 0 amide bonds. The molecule has 0 aliphatic heterocycles. The lowest BCUT2D eigenvalue weighted by Gasteiger charge is -2.14. The quantitative estimate of drug-likeness (QED) is 0.399. The fourth-order valence-corrected chi connectivity index (χ4v) is 4.08. The minimum atomic E-state index is -4.99. The van der Waals surface area contributed by atoms with Crippen LogP contribution in [-0.2, 0) is 10.0 Å². The average Bonchev–Trinajstić information content (AvgIpc) is 3.22. The number of aromatic nitrogens is 1. The molecule has 0 radical (unpaired) electrons. The van der Waals surface area contributed by atoms with Crippen molar-refractivity contribution in [2.45, 2.75) is 11.4 Å². The summed E-state index contributed by atoms with van der Waals surface area (Å²) < 4.78 is 76.4. The van der Waals surface area contributed by atoms with Crippen LogP contribution in [0.3, 0.4) is 0 Å². The molecule has 32 heavy (non-hydrogen) atoms. The summed E-state index contributed by atoms with van der Waals surface area (Å²) in [6.45, 7) is 0. The molecule has 0 atom stereocenters. The van der Waals surface area contributed by atoms with Gasteiger partial charge < -0.3 is 9.15 Å². The Morgan fingerprint density at radius 2 is 1.38 bits per heavy atom. The monoisotopic (exact) mass is 460 g/mol. The summed E-state index contributed by atoms with van der Waals surface area (Å²) in [5.74, 6) is -0.701. The molecule has 1 heterocycles. The molecule has 0 spiro atoms. The van der Waals surface area contributed by atoms with Gasteiger partial charge in [0, 0.05) is 11.1 Å². The molecule has 6 nitrogen and oxygen atoms in total. The predicted molar refractivity (Wildman–Crippen MR) is 111 cm³/mol. The third kappa shape index (κ3) is 4.75. The smallest absolute Gasteiger partial charge is 0.435 e. The largest absolute Gasteiger partial charge is 0.573 e. The van der Waals surface area contributed by atoms with Gasteiger partial charge in [-0.05, 0) is 24.3 Å². The Kier molecular flexibility index (Phi) is 5.62. The second kappa shape index (κ2) is 8.39. The maximum atomic E-state index is 13.2. The molecule has 0 aliphatic carbocycles. The van der Waals surface area contributed by atoms with E-state index in [0.29, 0.717) is 11.1 Å². The van der Waals surface area contributed by atoms with Crippen molar-refractivity contribution < 1.29 is 30.7 Å². The topological polar surface area (TPSA) is 81.4 Å². The summed E-state index contributed by atoms with van der Waals surface area (Å²) in [5.41, 5.74) is 0.572. The molecule has 1 aromatic heterocycles. The first kappa shape index (κ1) is 21.4. The van der Waals surface area contributed by atoms with E-state index in [0.717, 1.165) is 12.1 Å². The number of benzene rings is 3. The number of sulfonamides is 1. The Labute approximate surface area is 181 Å². The Hall–Kier alpha value is -3.79. The van der Waals surface area contributed by atoms with Crippen LogP contribution in [0.4, 0.5) is 18.9 Å². The van der Waals surface area contributed by atoms with Crippen LogP contribution in [0.1, 0.15) is 0 Å². The Morgan fingerprint density at radius 1 is 0.812 bits per heavy atom. The zero-order valence-electron chi connectivity index (χ0n) is 16.2. The Balaban J connectivity index is 1.80. The zero-order chi connectivity index (χ0) is 22.8. The predicted octanol–water partition coefficient (Wildman–Crippen LogP) is 5.71. The second-order valence-electron chi connectivity index (χ2n) is 6.53. The highest BCUT2D eigenvalue weighted by molar-refractivity contribution is 7.92. The Morgan fingerprint density at radius 3 is 2.00 bits per heavy atom. The van der Waals surface area contributed by atoms with Crippen molar-refractivity contribution in [2.75, 3.05) is 4.72 Å². The minimum absolute atomic E-state index is 0.0460. The standard InChI is InChI=1S/C22H15F3N2O4S/c23-22(24,25)31-18-14-8-7-13-17(18)27-32(28,29)21-19(15-9-3-1-4-10-15)30-20(26-21)16-11-5-2-6-12-16/h1-14,27H. The highest BCUT2D eigenvalue weighted by Gasteiger charge is 2.33. The van der Waals surface area contributed by atoms with E-state index in [-0.39, 0.29) is 11.7 Å². The number of ether oxygens (including phenoxy) is 1. The first-order valence-electron chi connectivity index (χ1n) is 9.22. The molecule has 4 rings (SSSR count). The van der Waals surface area contributed by atoms with Gasteiger partial charge in [0.1, 0.15) is 0 Å². The molecular weight excluding hydrogens is 445 g/mol. The molecule has 0 bridgehead atoms. The second-order valence-corrected chi connectivity index (χ2v) is 8.13. The molecule has 0 aliphatic rings. The van der Waals surface area contributed by atoms with Gasteiger partial charge in [-0.15, -0.1) is 13.2 Å². The third-order valence-electron chi connectivity index (χ3n) is 4.26. The molecule has 0 saturated heterocycles. The van der Waals surface area contributed by atoms with Crippen molar-refractivity contribution in [2.24, 2.45) is 0 Å². The maximum Gasteiger partial charge on any atom is 0.573 e. The maximum absolute atomic E-state index is 13.2. The first-order chi connectivity index (χ1) is 15.2. The zero-order valence-corrected chi connectivity index (χ0v) is 17.0. The molecule has 0 fully saturated rings. The normalized spacial score (nSPS) is 11.8. The van der Waals surface area contributed by atoms with E-state index in [1.807, 2.05) is 0 Å². The summed E-state index contributed by atoms with van der Waals surface area (Å²) in [4.78, 5) is 4.15. The lowest BCUT2D eigenvalue weighted by molar-refractivity contribution is -0.274. The van der Waals surface area contributed by atoms with Gasteiger partial charge in [-0.25, -0.2) is 0 Å². The number of hydrogen-bond donors (Lipinski definition) is 1. The van der Waals surface area contributed by atoms with Gasteiger partial charge in [0.25, 0.3) is 10.0 Å². The van der Waals surface area contributed by atoms with Gasteiger partial charge in [0.15, 0.2) is 11.5 Å². The van der Waals surface area contributed by atoms with Crippen molar-refractivity contribution in [3.63, 3.8) is 0 Å². The molecule has 164 valence electrons. The summed E-state index contributed by atoms with van der Waals surface area (Å²) in [7, 11) is -4.46. The molecule has 1 N–H and O–H groups in total. The SMILES string of the molecule is O=S(=O)(Nc1ccccc1OC(F)(F)F)c1nc(-c2ccccc2)oc1-c1ccccc1. The van der Waals surface area contributed by atoms with Crippen molar-refractivity contribution in [3.8, 4) is 28.5 Å². The first-order valence-corrected chi connectivity index (χ1v) is 10.7. The highest BCUT2D eigenvalue weighted by atomic mass is 32.2. The van der Waals surface area contributed by atoms with E-state index in [9.17, 15) is 21.6 Å². The van der Waals surface area contributed by atoms with Crippen molar-refractivity contribution >= 4 is 15.7 Å². The summed E-state index contributed by atoms with van der Waals surface area (Å²) >= 11 is 0. The van der Waals surface area contributed by atoms with Gasteiger partial charge in [-0.2, -0.15) is 13.4 Å². The molecule has 3 aromatic carbocycles. The molecule has 10 heteroatoms. The van der Waals surface area contributed by atoms with Gasteiger partial charge in [0.2, 0.25) is 10.9 Å². The van der Waals surface area contributed by atoms with E-state index < -0.39 is 32.8 Å². The highest BCUT2D eigenvalue weighted by Crippen LogP contribution is 2.35. The van der Waals surface area contributed by atoms with Crippen LogP contribution in [0.2, 0.25) is 0 Å². The number of alkyl halides is 3. The lowest BCUT2D eigenvalue weighted by Crippen LogP contribution is -2.20. The van der Waals surface area contributed by atoms with Crippen molar-refractivity contribution in [1.29, 1.82) is 0 Å². The van der Waals surface area contributed by atoms with E-state index in [1.165, 1.54) is 12.1 Å². The number of para-hydroxylation sites is 2. The number of anilines is 1. The fourth-order valence-electron chi connectivity index (χ4n) is 2.92. The third-order valence-corrected chi connectivity index (χ3v) is 5.54. The van der Waals surface area contributed by atoms with E-state index in [2.05, 4.69) is 14.4 Å². The van der Waals surface area contributed by atoms with Gasteiger partial charge in [0.05, 0.1) is 5.69 Å². The lowest BCUT2D eigenvalue weighted by atomic mass is 10.2. The van der Waals surface area contributed by atoms with Crippen LogP contribution >= 0.6 is 0 Å². The van der Waals surface area contributed by atoms with Crippen LogP contribution in [-0.4, -0.2) is 19.8 Å². The number of nitrogens with one attached hydrogen (secondary N) is 1. The summed E-state index contributed by atoms with van der Waals surface area (Å²) in [6, 6.07) is 21.8.